The number of nitrogens with two attached hydrogens (primary N) is 1. The lowest BCUT2D eigenvalue weighted by Gasteiger charge is -2.21. The predicted octanol–water partition coefficient (Wildman–Crippen LogP) is 3.45. The topological polar surface area (TPSA) is 54.7 Å². The van der Waals surface area contributed by atoms with Crippen LogP contribution in [0.5, 0.6) is 0 Å². The van der Waals surface area contributed by atoms with Gasteiger partial charge in [-0.05, 0) is 49.1 Å². The summed E-state index contributed by atoms with van der Waals surface area (Å²) in [7, 11) is 0. The summed E-state index contributed by atoms with van der Waals surface area (Å²) in [6.45, 7) is 0. The molecule has 1 aromatic heterocycles. The molecule has 19 heavy (non-hydrogen) atoms. The number of halogens is 1. The Hall–Kier alpha value is -1.57. The second-order valence-corrected chi connectivity index (χ2v) is 5.78. The number of benzene rings is 1. The molecular weight excluding hydrogens is 302 g/mol. The summed E-state index contributed by atoms with van der Waals surface area (Å²) in [5.74, 6) is 0. The van der Waals surface area contributed by atoms with E-state index in [1.165, 1.54) is 11.3 Å². The fraction of sp³-hybridized carbons (Fsp3) is 0.267. The van der Waals surface area contributed by atoms with E-state index >= 15 is 0 Å². The zero-order valence-electron chi connectivity index (χ0n) is 10.4. The Kier molecular flexibility index (Phi) is 3.17. The average Bonchev–Trinajstić information content (AvgIpc) is 2.84. The van der Waals surface area contributed by atoms with Gasteiger partial charge in [0, 0.05) is 22.4 Å². The summed E-state index contributed by atoms with van der Waals surface area (Å²) >= 11 is 3.47. The second kappa shape index (κ2) is 4.84. The molecule has 2 N–H and O–H groups in total. The smallest absolute Gasteiger partial charge is 0.101 e. The first-order valence-electron chi connectivity index (χ1n) is 6.36. The Morgan fingerprint density at radius 3 is 3.00 bits per heavy atom. The molecule has 0 amide bonds. The Morgan fingerprint density at radius 2 is 2.21 bits per heavy atom. The second-order valence-electron chi connectivity index (χ2n) is 4.86. The highest BCUT2D eigenvalue weighted by molar-refractivity contribution is 9.10. The van der Waals surface area contributed by atoms with E-state index < -0.39 is 0 Å². The Morgan fingerprint density at radius 1 is 1.37 bits per heavy atom. The van der Waals surface area contributed by atoms with Crippen LogP contribution in [0.3, 0.4) is 0 Å². The maximum Gasteiger partial charge on any atom is 0.101 e. The summed E-state index contributed by atoms with van der Waals surface area (Å²) in [5, 5.41) is 9.26. The van der Waals surface area contributed by atoms with Gasteiger partial charge in [-0.2, -0.15) is 5.26 Å². The summed E-state index contributed by atoms with van der Waals surface area (Å²) in [6.07, 6.45) is 5.19. The Bertz CT molecular complexity index is 667. The first kappa shape index (κ1) is 12.5. The van der Waals surface area contributed by atoms with Gasteiger partial charge in [0.05, 0.1) is 11.3 Å². The van der Waals surface area contributed by atoms with Crippen LogP contribution in [0.4, 0.5) is 0 Å². The monoisotopic (exact) mass is 315 g/mol. The summed E-state index contributed by atoms with van der Waals surface area (Å²) in [5.41, 5.74) is 10.2. The maximum absolute atomic E-state index is 9.26. The molecule has 1 heterocycles. The highest BCUT2D eigenvalue weighted by Gasteiger charge is 2.21. The fourth-order valence-electron chi connectivity index (χ4n) is 2.75. The van der Waals surface area contributed by atoms with Gasteiger partial charge in [-0.1, -0.05) is 15.9 Å². The van der Waals surface area contributed by atoms with Crippen molar-refractivity contribution in [3.8, 4) is 11.8 Å². The summed E-state index contributed by atoms with van der Waals surface area (Å²) < 4.78 is 3.08. The molecule has 1 aliphatic carbocycles. The van der Waals surface area contributed by atoms with E-state index in [1.807, 2.05) is 24.4 Å². The molecule has 0 radical (unpaired) electrons. The van der Waals surface area contributed by atoms with Crippen LogP contribution in [0, 0.1) is 11.3 Å². The largest absolute Gasteiger partial charge is 0.324 e. The van der Waals surface area contributed by atoms with Crippen molar-refractivity contribution in [2.75, 3.05) is 0 Å². The minimum Gasteiger partial charge on any atom is -0.324 e. The van der Waals surface area contributed by atoms with Crippen molar-refractivity contribution in [3.63, 3.8) is 0 Å². The van der Waals surface area contributed by atoms with E-state index in [2.05, 4.69) is 32.6 Å². The molecule has 0 bridgehead atoms. The van der Waals surface area contributed by atoms with Gasteiger partial charge in [-0.3, -0.25) is 0 Å². The van der Waals surface area contributed by atoms with Crippen LogP contribution in [0.1, 0.15) is 35.7 Å². The van der Waals surface area contributed by atoms with Crippen molar-refractivity contribution in [2.24, 2.45) is 5.73 Å². The van der Waals surface area contributed by atoms with Crippen LogP contribution in [-0.2, 0) is 6.42 Å². The van der Waals surface area contributed by atoms with Crippen LogP contribution in [0.2, 0.25) is 0 Å². The van der Waals surface area contributed by atoms with Gasteiger partial charge in [-0.25, -0.2) is 0 Å². The van der Waals surface area contributed by atoms with Gasteiger partial charge in [0.2, 0.25) is 0 Å². The summed E-state index contributed by atoms with van der Waals surface area (Å²) in [4.78, 5) is 0. The number of hydrogen-bond acceptors (Lipinski definition) is 2. The van der Waals surface area contributed by atoms with E-state index in [4.69, 9.17) is 5.73 Å². The molecule has 4 heteroatoms. The van der Waals surface area contributed by atoms with Gasteiger partial charge in [-0.15, -0.1) is 0 Å². The van der Waals surface area contributed by atoms with E-state index in [-0.39, 0.29) is 6.04 Å². The van der Waals surface area contributed by atoms with Crippen LogP contribution >= 0.6 is 15.9 Å². The SMILES string of the molecule is N#Cc1ccc(Br)cc1-n1ccc2c1CCCC2N. The van der Waals surface area contributed by atoms with E-state index in [0.29, 0.717) is 5.56 Å². The van der Waals surface area contributed by atoms with Crippen molar-refractivity contribution in [3.05, 3.63) is 51.8 Å². The van der Waals surface area contributed by atoms with Gasteiger partial charge in [0.25, 0.3) is 0 Å². The van der Waals surface area contributed by atoms with E-state index in [1.54, 1.807) is 0 Å². The predicted molar refractivity (Wildman–Crippen MR) is 78.1 cm³/mol. The quantitative estimate of drug-likeness (QED) is 0.876. The molecule has 3 rings (SSSR count). The van der Waals surface area contributed by atoms with E-state index in [0.717, 1.165) is 29.4 Å². The number of hydrogen-bond donors (Lipinski definition) is 1. The standard InChI is InChI=1S/C15H14BrN3/c16-11-5-4-10(9-17)15(8-11)19-7-6-12-13(18)2-1-3-14(12)19/h4-8,13H,1-3,18H2. The number of nitriles is 1. The number of rotatable bonds is 1. The van der Waals surface area contributed by atoms with Gasteiger partial charge in [0.15, 0.2) is 0 Å². The summed E-state index contributed by atoms with van der Waals surface area (Å²) in [6, 6.07) is 10.2. The molecule has 0 saturated carbocycles. The third-order valence-electron chi connectivity index (χ3n) is 3.70. The number of fused-ring (bicyclic) bond motifs is 1. The fourth-order valence-corrected chi connectivity index (χ4v) is 3.10. The van der Waals surface area contributed by atoms with Gasteiger partial charge >= 0.3 is 0 Å². The molecule has 1 aromatic carbocycles. The van der Waals surface area contributed by atoms with E-state index in [9.17, 15) is 5.26 Å². The Labute approximate surface area is 120 Å². The van der Waals surface area contributed by atoms with Crippen molar-refractivity contribution >= 4 is 15.9 Å². The molecule has 96 valence electrons. The lowest BCUT2D eigenvalue weighted by atomic mass is 9.93. The lowest BCUT2D eigenvalue weighted by Crippen LogP contribution is -2.18. The number of nitrogens with zero attached hydrogens (tertiary/aromatic N) is 2. The molecule has 0 aliphatic heterocycles. The molecule has 0 saturated heterocycles. The first-order chi connectivity index (χ1) is 9.20. The molecular formula is C15H14BrN3. The molecule has 1 unspecified atom stereocenters. The third-order valence-corrected chi connectivity index (χ3v) is 4.19. The normalized spacial score (nSPS) is 17.8. The van der Waals surface area contributed by atoms with Crippen LogP contribution in [0.15, 0.2) is 34.9 Å². The minimum absolute atomic E-state index is 0.127. The van der Waals surface area contributed by atoms with Crippen molar-refractivity contribution < 1.29 is 0 Å². The lowest BCUT2D eigenvalue weighted by molar-refractivity contribution is 0.560. The number of aromatic nitrogens is 1. The molecule has 0 spiro atoms. The van der Waals surface area contributed by atoms with Gasteiger partial charge < -0.3 is 10.3 Å². The molecule has 1 atom stereocenters. The zero-order chi connectivity index (χ0) is 13.4. The van der Waals surface area contributed by atoms with Crippen LogP contribution < -0.4 is 5.73 Å². The van der Waals surface area contributed by atoms with Crippen molar-refractivity contribution in [2.45, 2.75) is 25.3 Å². The Balaban J connectivity index is 2.19. The molecule has 2 aromatic rings. The highest BCUT2D eigenvalue weighted by atomic mass is 79.9. The molecule has 1 aliphatic rings. The zero-order valence-corrected chi connectivity index (χ0v) is 12.0. The molecule has 3 nitrogen and oxygen atoms in total. The first-order valence-corrected chi connectivity index (χ1v) is 7.15. The minimum atomic E-state index is 0.127. The average molecular weight is 316 g/mol. The highest BCUT2D eigenvalue weighted by Crippen LogP contribution is 2.32. The maximum atomic E-state index is 9.26. The third kappa shape index (κ3) is 2.09. The van der Waals surface area contributed by atoms with Crippen LogP contribution in [-0.4, -0.2) is 4.57 Å². The van der Waals surface area contributed by atoms with Crippen molar-refractivity contribution in [1.29, 1.82) is 5.26 Å². The van der Waals surface area contributed by atoms with Gasteiger partial charge in [0.1, 0.15) is 6.07 Å². The van der Waals surface area contributed by atoms with Crippen molar-refractivity contribution in [1.82, 2.24) is 4.57 Å². The molecule has 0 fully saturated rings. The van der Waals surface area contributed by atoms with Crippen LogP contribution in [0.25, 0.3) is 5.69 Å².